The smallest absolute Gasteiger partial charge is 0.317 e. The van der Waals surface area contributed by atoms with E-state index in [4.69, 9.17) is 0 Å². The summed E-state index contributed by atoms with van der Waals surface area (Å²) in [6.45, 7) is 0. The molecule has 0 aromatic carbocycles. The zero-order chi connectivity index (χ0) is 12.5. The molecule has 1 saturated carbocycles. The molecule has 0 amide bonds. The van der Waals surface area contributed by atoms with E-state index in [9.17, 15) is 14.7 Å². The molecule has 1 aliphatic carbocycles. The van der Waals surface area contributed by atoms with Crippen LogP contribution in [0.1, 0.15) is 30.6 Å². The number of halogens is 1. The highest BCUT2D eigenvalue weighted by atomic mass is 79.9. The number of aliphatic carboxylic acids is 1. The summed E-state index contributed by atoms with van der Waals surface area (Å²) in [5.74, 6) is -1.08. The van der Waals surface area contributed by atoms with Crippen molar-refractivity contribution in [1.29, 1.82) is 0 Å². The summed E-state index contributed by atoms with van der Waals surface area (Å²) < 4.78 is 0.904. The topological polar surface area (TPSA) is 54.4 Å². The molecule has 1 unspecified atom stereocenters. The fourth-order valence-electron chi connectivity index (χ4n) is 2.31. The van der Waals surface area contributed by atoms with Gasteiger partial charge in [-0.2, -0.15) is 0 Å². The van der Waals surface area contributed by atoms with E-state index in [2.05, 4.69) is 15.9 Å². The van der Waals surface area contributed by atoms with Gasteiger partial charge in [0.15, 0.2) is 5.78 Å². The minimum atomic E-state index is -1.19. The SMILES string of the molecule is O=C(O)C1(Cc2sccc2Br)CCCCC1=O. The third-order valence-electron chi connectivity index (χ3n) is 3.35. The van der Waals surface area contributed by atoms with Crippen molar-refractivity contribution in [3.05, 3.63) is 20.8 Å². The Hall–Kier alpha value is -0.680. The van der Waals surface area contributed by atoms with Gasteiger partial charge in [-0.25, -0.2) is 0 Å². The van der Waals surface area contributed by atoms with Gasteiger partial charge in [0.2, 0.25) is 0 Å². The summed E-state index contributed by atoms with van der Waals surface area (Å²) in [4.78, 5) is 24.4. The first-order valence-corrected chi connectivity index (χ1v) is 7.22. The largest absolute Gasteiger partial charge is 0.480 e. The van der Waals surface area contributed by atoms with Gasteiger partial charge in [0, 0.05) is 22.2 Å². The minimum absolute atomic E-state index is 0.114. The van der Waals surface area contributed by atoms with Crippen LogP contribution in [-0.4, -0.2) is 16.9 Å². The zero-order valence-electron chi connectivity index (χ0n) is 9.24. The highest BCUT2D eigenvalue weighted by Gasteiger charge is 2.47. The van der Waals surface area contributed by atoms with Crippen LogP contribution in [-0.2, 0) is 16.0 Å². The maximum Gasteiger partial charge on any atom is 0.317 e. The van der Waals surface area contributed by atoms with E-state index in [1.54, 1.807) is 0 Å². The molecule has 1 N–H and O–H groups in total. The van der Waals surface area contributed by atoms with E-state index in [-0.39, 0.29) is 5.78 Å². The molecule has 0 bridgehead atoms. The van der Waals surface area contributed by atoms with Gasteiger partial charge in [-0.1, -0.05) is 6.42 Å². The van der Waals surface area contributed by atoms with E-state index in [1.807, 2.05) is 11.4 Å². The summed E-state index contributed by atoms with van der Waals surface area (Å²) in [6, 6.07) is 1.89. The lowest BCUT2D eigenvalue weighted by Gasteiger charge is -2.31. The summed E-state index contributed by atoms with van der Waals surface area (Å²) in [7, 11) is 0. The minimum Gasteiger partial charge on any atom is -0.480 e. The third-order valence-corrected chi connectivity index (χ3v) is 5.28. The number of carboxylic acids is 1. The molecule has 1 heterocycles. The van der Waals surface area contributed by atoms with Crippen molar-refractivity contribution in [1.82, 2.24) is 0 Å². The summed E-state index contributed by atoms with van der Waals surface area (Å²) in [6.07, 6.45) is 2.82. The Bertz CT molecular complexity index is 454. The Morgan fingerprint density at radius 2 is 2.29 bits per heavy atom. The maximum atomic E-state index is 12.0. The lowest BCUT2D eigenvalue weighted by atomic mass is 9.70. The summed E-state index contributed by atoms with van der Waals surface area (Å²) >= 11 is 4.89. The molecule has 0 radical (unpaired) electrons. The predicted octanol–water partition coefficient (Wildman–Crippen LogP) is 3.27. The maximum absolute atomic E-state index is 12.0. The Kier molecular flexibility index (Phi) is 3.68. The Morgan fingerprint density at radius 1 is 1.53 bits per heavy atom. The molecule has 5 heteroatoms. The molecule has 3 nitrogen and oxygen atoms in total. The molecule has 1 atom stereocenters. The molecule has 92 valence electrons. The number of rotatable bonds is 3. The quantitative estimate of drug-likeness (QED) is 0.871. The molecule has 0 saturated heterocycles. The molecular weight excluding hydrogens is 304 g/mol. The van der Waals surface area contributed by atoms with Crippen molar-refractivity contribution in [3.63, 3.8) is 0 Å². The fraction of sp³-hybridized carbons (Fsp3) is 0.500. The molecule has 1 aromatic heterocycles. The van der Waals surface area contributed by atoms with Crippen LogP contribution in [0.3, 0.4) is 0 Å². The average molecular weight is 317 g/mol. The van der Waals surface area contributed by atoms with Crippen molar-refractivity contribution in [2.24, 2.45) is 5.41 Å². The van der Waals surface area contributed by atoms with Gasteiger partial charge in [-0.05, 0) is 40.2 Å². The third kappa shape index (κ3) is 2.31. The van der Waals surface area contributed by atoms with Crippen LogP contribution in [0.4, 0.5) is 0 Å². The molecule has 1 aliphatic rings. The average Bonchev–Trinajstić information content (AvgIpc) is 2.67. The number of carboxylic acid groups (broad SMARTS) is 1. The van der Waals surface area contributed by atoms with Crippen molar-refractivity contribution < 1.29 is 14.7 Å². The van der Waals surface area contributed by atoms with Crippen LogP contribution in [0.15, 0.2) is 15.9 Å². The number of Topliss-reactive ketones (excluding diaryl/α,β-unsaturated/α-hetero) is 1. The second-order valence-electron chi connectivity index (χ2n) is 4.39. The van der Waals surface area contributed by atoms with Crippen molar-refractivity contribution in [3.8, 4) is 0 Å². The first-order valence-electron chi connectivity index (χ1n) is 5.55. The van der Waals surface area contributed by atoms with Crippen molar-refractivity contribution in [2.45, 2.75) is 32.1 Å². The Morgan fingerprint density at radius 3 is 2.82 bits per heavy atom. The first kappa shape index (κ1) is 12.8. The van der Waals surface area contributed by atoms with Gasteiger partial charge in [-0.3, -0.25) is 9.59 Å². The monoisotopic (exact) mass is 316 g/mol. The summed E-state index contributed by atoms with van der Waals surface area (Å²) in [5.41, 5.74) is -1.19. The molecular formula is C12H13BrO3S. The predicted molar refractivity (Wildman–Crippen MR) is 69.3 cm³/mol. The number of carbonyl (C=O) groups excluding carboxylic acids is 1. The van der Waals surface area contributed by atoms with Crippen LogP contribution in [0, 0.1) is 5.41 Å². The number of ketones is 1. The lowest BCUT2D eigenvalue weighted by Crippen LogP contribution is -2.43. The fourth-order valence-corrected chi connectivity index (χ4v) is 3.91. The van der Waals surface area contributed by atoms with Gasteiger partial charge in [0.1, 0.15) is 5.41 Å². The van der Waals surface area contributed by atoms with Gasteiger partial charge in [-0.15, -0.1) is 11.3 Å². The highest BCUT2D eigenvalue weighted by molar-refractivity contribution is 9.10. The van der Waals surface area contributed by atoms with Crippen molar-refractivity contribution >= 4 is 39.0 Å². The lowest BCUT2D eigenvalue weighted by molar-refractivity contribution is -0.157. The van der Waals surface area contributed by atoms with E-state index in [1.165, 1.54) is 11.3 Å². The Labute approximate surface area is 112 Å². The van der Waals surface area contributed by atoms with Crippen LogP contribution < -0.4 is 0 Å². The number of hydrogen-bond donors (Lipinski definition) is 1. The van der Waals surface area contributed by atoms with E-state index in [0.717, 1.165) is 22.2 Å². The number of thiophene rings is 1. The molecule has 0 aliphatic heterocycles. The van der Waals surface area contributed by atoms with Gasteiger partial charge >= 0.3 is 5.97 Å². The second-order valence-corrected chi connectivity index (χ2v) is 6.24. The first-order chi connectivity index (χ1) is 8.06. The van der Waals surface area contributed by atoms with Gasteiger partial charge in [0.05, 0.1) is 0 Å². The van der Waals surface area contributed by atoms with E-state index >= 15 is 0 Å². The second kappa shape index (κ2) is 4.90. The standard InChI is InChI=1S/C12H13BrO3S/c13-8-4-6-17-9(8)7-12(11(15)16)5-2-1-3-10(12)14/h4,6H,1-3,5,7H2,(H,15,16). The highest BCUT2D eigenvalue weighted by Crippen LogP contribution is 2.39. The molecule has 2 rings (SSSR count). The van der Waals surface area contributed by atoms with Crippen LogP contribution in [0.5, 0.6) is 0 Å². The molecule has 1 aromatic rings. The zero-order valence-corrected chi connectivity index (χ0v) is 11.6. The van der Waals surface area contributed by atoms with E-state index < -0.39 is 11.4 Å². The molecule has 17 heavy (non-hydrogen) atoms. The van der Waals surface area contributed by atoms with Crippen molar-refractivity contribution in [2.75, 3.05) is 0 Å². The van der Waals surface area contributed by atoms with Crippen LogP contribution >= 0.6 is 27.3 Å². The molecule has 1 fully saturated rings. The van der Waals surface area contributed by atoms with Crippen LogP contribution in [0.2, 0.25) is 0 Å². The van der Waals surface area contributed by atoms with E-state index in [0.29, 0.717) is 19.3 Å². The summed E-state index contributed by atoms with van der Waals surface area (Å²) in [5, 5.41) is 11.3. The normalized spacial score (nSPS) is 24.9. The molecule has 0 spiro atoms. The number of carbonyl (C=O) groups is 2. The van der Waals surface area contributed by atoms with Gasteiger partial charge < -0.3 is 5.11 Å². The Balaban J connectivity index is 2.32. The van der Waals surface area contributed by atoms with Gasteiger partial charge in [0.25, 0.3) is 0 Å². The van der Waals surface area contributed by atoms with Crippen LogP contribution in [0.25, 0.3) is 0 Å². The number of hydrogen-bond acceptors (Lipinski definition) is 3.